The van der Waals surface area contributed by atoms with Crippen molar-refractivity contribution in [2.45, 2.75) is 38.1 Å². The molecule has 0 amide bonds. The molecule has 0 spiro atoms. The smallest absolute Gasteiger partial charge is 0.303 e. The zero-order chi connectivity index (χ0) is 15.1. The molecule has 1 aromatic rings. The number of para-hydroxylation sites is 1. The van der Waals surface area contributed by atoms with E-state index in [1.165, 1.54) is 18.5 Å². The van der Waals surface area contributed by atoms with E-state index in [9.17, 15) is 4.79 Å². The van der Waals surface area contributed by atoms with Gasteiger partial charge in [0.15, 0.2) is 0 Å². The molecule has 4 heteroatoms. The van der Waals surface area contributed by atoms with Gasteiger partial charge in [-0.25, -0.2) is 0 Å². The summed E-state index contributed by atoms with van der Waals surface area (Å²) in [4.78, 5) is 15.6. The number of likely N-dealkylation sites (tertiary alicyclic amines) is 1. The van der Waals surface area contributed by atoms with Gasteiger partial charge in [-0.3, -0.25) is 4.79 Å². The molecule has 1 aliphatic rings. The molecule has 0 bridgehead atoms. The second-order valence-corrected chi connectivity index (χ2v) is 5.91. The van der Waals surface area contributed by atoms with Crippen molar-refractivity contribution in [2.24, 2.45) is 0 Å². The monoisotopic (exact) mass is 290 g/mol. The van der Waals surface area contributed by atoms with E-state index in [2.05, 4.69) is 41.1 Å². The third kappa shape index (κ3) is 5.05. The van der Waals surface area contributed by atoms with E-state index in [1.807, 2.05) is 6.07 Å². The molecule has 0 radical (unpaired) electrons. The number of nitrogens with zero attached hydrogens (tertiary/aromatic N) is 2. The van der Waals surface area contributed by atoms with Gasteiger partial charge in [-0.2, -0.15) is 0 Å². The minimum atomic E-state index is -0.705. The Labute approximate surface area is 127 Å². The van der Waals surface area contributed by atoms with Crippen LogP contribution in [0.25, 0.3) is 0 Å². The van der Waals surface area contributed by atoms with E-state index in [0.29, 0.717) is 12.5 Å². The lowest BCUT2D eigenvalue weighted by atomic mass is 10.1. The third-order valence-corrected chi connectivity index (χ3v) is 4.24. The molecule has 1 heterocycles. The summed E-state index contributed by atoms with van der Waals surface area (Å²) in [6, 6.07) is 10.9. The molecule has 0 aromatic heterocycles. The van der Waals surface area contributed by atoms with Crippen LogP contribution in [0.5, 0.6) is 0 Å². The highest BCUT2D eigenvalue weighted by molar-refractivity contribution is 5.66. The first-order chi connectivity index (χ1) is 10.2. The summed E-state index contributed by atoms with van der Waals surface area (Å²) >= 11 is 0. The van der Waals surface area contributed by atoms with Gasteiger partial charge in [0.05, 0.1) is 0 Å². The Kier molecular flexibility index (Phi) is 6.05. The summed E-state index contributed by atoms with van der Waals surface area (Å²) in [5.74, 6) is -0.705. The van der Waals surface area contributed by atoms with Crippen LogP contribution >= 0.6 is 0 Å². The van der Waals surface area contributed by atoms with Gasteiger partial charge in [0, 0.05) is 24.7 Å². The minimum Gasteiger partial charge on any atom is -0.481 e. The molecule has 21 heavy (non-hydrogen) atoms. The van der Waals surface area contributed by atoms with Crippen molar-refractivity contribution in [1.29, 1.82) is 0 Å². The zero-order valence-electron chi connectivity index (χ0n) is 12.9. The summed E-state index contributed by atoms with van der Waals surface area (Å²) in [7, 11) is 2.18. The Hall–Kier alpha value is -1.55. The third-order valence-electron chi connectivity index (χ3n) is 4.24. The normalized spacial score (nSPS) is 20.0. The highest BCUT2D eigenvalue weighted by Crippen LogP contribution is 2.24. The van der Waals surface area contributed by atoms with Crippen LogP contribution in [-0.2, 0) is 4.79 Å². The van der Waals surface area contributed by atoms with Crippen molar-refractivity contribution in [3.63, 3.8) is 0 Å². The number of anilines is 1. The second kappa shape index (κ2) is 8.03. The highest BCUT2D eigenvalue weighted by atomic mass is 16.4. The standard InChI is InChI=1S/C17H26N2O2/c1-18-12-5-9-16(11-14-18)19(13-6-10-17(20)21)15-7-3-2-4-8-15/h2-4,7-8,16H,5-6,9-14H2,1H3,(H,20,21). The fourth-order valence-corrected chi connectivity index (χ4v) is 3.08. The number of benzene rings is 1. The Morgan fingerprint density at radius 1 is 1.29 bits per heavy atom. The summed E-state index contributed by atoms with van der Waals surface area (Å²) < 4.78 is 0. The van der Waals surface area contributed by atoms with Gasteiger partial charge in [-0.1, -0.05) is 18.2 Å². The van der Waals surface area contributed by atoms with Crippen LogP contribution in [0.2, 0.25) is 0 Å². The molecular formula is C17H26N2O2. The van der Waals surface area contributed by atoms with Crippen LogP contribution < -0.4 is 4.90 Å². The van der Waals surface area contributed by atoms with Gasteiger partial charge in [-0.05, 0) is 58.0 Å². The molecule has 1 N–H and O–H groups in total. The number of hydrogen-bond donors (Lipinski definition) is 1. The minimum absolute atomic E-state index is 0.246. The molecule has 1 aromatic carbocycles. The maximum Gasteiger partial charge on any atom is 0.303 e. The number of aliphatic carboxylic acids is 1. The van der Waals surface area contributed by atoms with Crippen LogP contribution in [0, 0.1) is 0 Å². The van der Waals surface area contributed by atoms with Crippen molar-refractivity contribution in [2.75, 3.05) is 31.6 Å². The van der Waals surface area contributed by atoms with Crippen molar-refractivity contribution in [1.82, 2.24) is 4.90 Å². The van der Waals surface area contributed by atoms with Gasteiger partial charge in [-0.15, -0.1) is 0 Å². The van der Waals surface area contributed by atoms with Gasteiger partial charge < -0.3 is 14.9 Å². The molecule has 0 saturated carbocycles. The SMILES string of the molecule is CN1CCCC(N(CCCC(=O)O)c2ccccc2)CC1. The van der Waals surface area contributed by atoms with Crippen molar-refractivity contribution >= 4 is 11.7 Å². The fourth-order valence-electron chi connectivity index (χ4n) is 3.08. The lowest BCUT2D eigenvalue weighted by molar-refractivity contribution is -0.137. The van der Waals surface area contributed by atoms with Gasteiger partial charge in [0.25, 0.3) is 0 Å². The van der Waals surface area contributed by atoms with Crippen LogP contribution in [0.3, 0.4) is 0 Å². The first-order valence-electron chi connectivity index (χ1n) is 7.89. The summed E-state index contributed by atoms with van der Waals surface area (Å²) in [5.41, 5.74) is 1.22. The number of hydrogen-bond acceptors (Lipinski definition) is 3. The molecule has 1 fully saturated rings. The predicted molar refractivity (Wildman–Crippen MR) is 85.8 cm³/mol. The number of carboxylic acids is 1. The van der Waals surface area contributed by atoms with Crippen LogP contribution in [0.1, 0.15) is 32.1 Å². The van der Waals surface area contributed by atoms with E-state index in [0.717, 1.165) is 26.1 Å². The van der Waals surface area contributed by atoms with Crippen molar-refractivity contribution < 1.29 is 9.90 Å². The molecule has 1 atom stereocenters. The first kappa shape index (κ1) is 15.8. The van der Waals surface area contributed by atoms with Crippen LogP contribution in [0.4, 0.5) is 5.69 Å². The molecule has 1 saturated heterocycles. The first-order valence-corrected chi connectivity index (χ1v) is 7.89. The molecule has 2 rings (SSSR count). The predicted octanol–water partition coefficient (Wildman–Crippen LogP) is 2.84. The van der Waals surface area contributed by atoms with E-state index < -0.39 is 5.97 Å². The van der Waals surface area contributed by atoms with Gasteiger partial charge >= 0.3 is 5.97 Å². The van der Waals surface area contributed by atoms with E-state index in [-0.39, 0.29) is 6.42 Å². The molecule has 1 aliphatic heterocycles. The van der Waals surface area contributed by atoms with Gasteiger partial charge in [0.2, 0.25) is 0 Å². The Morgan fingerprint density at radius 2 is 2.05 bits per heavy atom. The quantitative estimate of drug-likeness (QED) is 0.875. The lowest BCUT2D eigenvalue weighted by Crippen LogP contribution is -2.37. The maximum absolute atomic E-state index is 10.8. The average Bonchev–Trinajstić information content (AvgIpc) is 2.69. The number of carboxylic acid groups (broad SMARTS) is 1. The van der Waals surface area contributed by atoms with E-state index in [1.54, 1.807) is 0 Å². The zero-order valence-corrected chi connectivity index (χ0v) is 12.9. The highest BCUT2D eigenvalue weighted by Gasteiger charge is 2.21. The topological polar surface area (TPSA) is 43.8 Å². The molecule has 0 aliphatic carbocycles. The molecular weight excluding hydrogens is 264 g/mol. The van der Waals surface area contributed by atoms with Crippen LogP contribution in [0.15, 0.2) is 30.3 Å². The molecule has 1 unspecified atom stereocenters. The molecule has 116 valence electrons. The van der Waals surface area contributed by atoms with Crippen LogP contribution in [-0.4, -0.2) is 48.7 Å². The average molecular weight is 290 g/mol. The van der Waals surface area contributed by atoms with Gasteiger partial charge in [0.1, 0.15) is 0 Å². The maximum atomic E-state index is 10.8. The fraction of sp³-hybridized carbons (Fsp3) is 0.588. The van der Waals surface area contributed by atoms with E-state index >= 15 is 0 Å². The number of carbonyl (C=O) groups is 1. The van der Waals surface area contributed by atoms with E-state index in [4.69, 9.17) is 5.11 Å². The number of rotatable bonds is 6. The largest absolute Gasteiger partial charge is 0.481 e. The lowest BCUT2D eigenvalue weighted by Gasteiger charge is -2.33. The Bertz CT molecular complexity index is 436. The second-order valence-electron chi connectivity index (χ2n) is 5.91. The molecule has 4 nitrogen and oxygen atoms in total. The Balaban J connectivity index is 2.05. The summed E-state index contributed by atoms with van der Waals surface area (Å²) in [6.07, 6.45) is 4.50. The Morgan fingerprint density at radius 3 is 2.76 bits per heavy atom. The summed E-state index contributed by atoms with van der Waals surface area (Å²) in [6.45, 7) is 3.10. The van der Waals surface area contributed by atoms with Crippen molar-refractivity contribution in [3.8, 4) is 0 Å². The van der Waals surface area contributed by atoms with Crippen molar-refractivity contribution in [3.05, 3.63) is 30.3 Å². The summed E-state index contributed by atoms with van der Waals surface area (Å²) in [5, 5.41) is 8.86.